The van der Waals surface area contributed by atoms with Gasteiger partial charge in [-0.3, -0.25) is 19.1 Å². The molecule has 0 saturated heterocycles. The van der Waals surface area contributed by atoms with E-state index in [1.54, 1.807) is 43.2 Å². The van der Waals surface area contributed by atoms with Crippen molar-refractivity contribution in [3.8, 4) is 0 Å². The zero-order valence-corrected chi connectivity index (χ0v) is 19.7. The number of carbonyl (C=O) groups excluding carboxylic acids is 1. The third kappa shape index (κ3) is 4.68. The second-order valence-electron chi connectivity index (χ2n) is 8.72. The van der Waals surface area contributed by atoms with Gasteiger partial charge in [0.1, 0.15) is 5.82 Å². The summed E-state index contributed by atoms with van der Waals surface area (Å²) in [7, 11) is 3.70. The summed E-state index contributed by atoms with van der Waals surface area (Å²) in [5, 5.41) is 13.4. The largest absolute Gasteiger partial charge is 0.341 e. The van der Waals surface area contributed by atoms with Gasteiger partial charge in [-0.25, -0.2) is 4.39 Å². The van der Waals surface area contributed by atoms with Crippen LogP contribution < -0.4 is 5.32 Å². The van der Waals surface area contributed by atoms with Crippen LogP contribution in [0.1, 0.15) is 44.5 Å². The second-order valence-corrected chi connectivity index (χ2v) is 8.72. The Morgan fingerprint density at radius 1 is 1.00 bits per heavy atom. The van der Waals surface area contributed by atoms with Crippen molar-refractivity contribution in [2.45, 2.75) is 19.4 Å². The van der Waals surface area contributed by atoms with Crippen molar-refractivity contribution in [2.75, 3.05) is 0 Å². The normalized spacial score (nSPS) is 12.1. The Bertz CT molecular complexity index is 1540. The molecule has 0 fully saturated rings. The van der Waals surface area contributed by atoms with Gasteiger partial charge < -0.3 is 5.32 Å². The summed E-state index contributed by atoms with van der Waals surface area (Å²) < 4.78 is 17.8. The molecule has 2 aromatic carbocycles. The first-order valence-corrected chi connectivity index (χ1v) is 11.3. The third-order valence-electron chi connectivity index (χ3n) is 6.19. The van der Waals surface area contributed by atoms with Gasteiger partial charge in [0.2, 0.25) is 0 Å². The average Bonchev–Trinajstić information content (AvgIpc) is 3.46. The van der Waals surface area contributed by atoms with E-state index >= 15 is 0 Å². The molecule has 1 atom stereocenters. The summed E-state index contributed by atoms with van der Waals surface area (Å²) in [6.07, 6.45) is 7.72. The molecule has 8 heteroatoms. The monoisotopic (exact) mass is 468 g/mol. The predicted octanol–water partition coefficient (Wildman–Crippen LogP) is 4.26. The van der Waals surface area contributed by atoms with Gasteiger partial charge in [-0.15, -0.1) is 0 Å². The molecule has 0 aliphatic carbocycles. The minimum Gasteiger partial charge on any atom is -0.341 e. The highest BCUT2D eigenvalue weighted by molar-refractivity contribution is 5.98. The number of benzene rings is 2. The van der Waals surface area contributed by atoms with Crippen LogP contribution in [0.5, 0.6) is 0 Å². The first kappa shape index (κ1) is 22.5. The molecule has 0 aliphatic rings. The summed E-state index contributed by atoms with van der Waals surface area (Å²) in [4.78, 5) is 17.9. The van der Waals surface area contributed by atoms with Crippen LogP contribution >= 0.6 is 0 Å². The number of nitrogens with zero attached hydrogens (tertiary/aromatic N) is 5. The Morgan fingerprint density at radius 3 is 2.57 bits per heavy atom. The highest BCUT2D eigenvalue weighted by atomic mass is 19.1. The van der Waals surface area contributed by atoms with E-state index in [-0.39, 0.29) is 11.7 Å². The number of nitrogens with one attached hydrogen (secondary N) is 1. The van der Waals surface area contributed by atoms with Crippen molar-refractivity contribution < 1.29 is 9.18 Å². The zero-order valence-electron chi connectivity index (χ0n) is 19.7. The Morgan fingerprint density at radius 2 is 1.86 bits per heavy atom. The molecular formula is C27H25FN6O. The van der Waals surface area contributed by atoms with Crippen LogP contribution in [-0.4, -0.2) is 30.5 Å². The lowest BCUT2D eigenvalue weighted by atomic mass is 9.99. The number of amides is 1. The van der Waals surface area contributed by atoms with E-state index in [1.165, 1.54) is 6.07 Å². The molecule has 0 aliphatic heterocycles. The molecule has 0 radical (unpaired) electrons. The quantitative estimate of drug-likeness (QED) is 0.404. The first-order chi connectivity index (χ1) is 16.9. The van der Waals surface area contributed by atoms with Crippen LogP contribution in [0.15, 0.2) is 73.3 Å². The summed E-state index contributed by atoms with van der Waals surface area (Å²) in [5.74, 6) is -0.573. The molecule has 3 aromatic heterocycles. The number of aromatic nitrogens is 5. The van der Waals surface area contributed by atoms with Crippen LogP contribution in [0.25, 0.3) is 10.8 Å². The van der Waals surface area contributed by atoms with Crippen molar-refractivity contribution in [1.29, 1.82) is 0 Å². The lowest BCUT2D eigenvalue weighted by Crippen LogP contribution is -2.29. The Hall–Kier alpha value is -4.33. The topological polar surface area (TPSA) is 77.6 Å². The van der Waals surface area contributed by atoms with E-state index in [0.717, 1.165) is 27.7 Å². The van der Waals surface area contributed by atoms with Gasteiger partial charge >= 0.3 is 0 Å². The molecule has 0 unspecified atom stereocenters. The lowest BCUT2D eigenvalue weighted by molar-refractivity contribution is 0.0943. The van der Waals surface area contributed by atoms with Crippen molar-refractivity contribution >= 4 is 16.7 Å². The molecule has 7 nitrogen and oxygen atoms in total. The molecule has 5 rings (SSSR count). The number of hydrogen-bond donors (Lipinski definition) is 1. The summed E-state index contributed by atoms with van der Waals surface area (Å²) in [5.41, 5.74) is 4.43. The molecule has 0 saturated carbocycles. The van der Waals surface area contributed by atoms with E-state index in [1.807, 2.05) is 54.5 Å². The molecule has 1 amide bonds. The van der Waals surface area contributed by atoms with Crippen molar-refractivity contribution in [3.63, 3.8) is 0 Å². The lowest BCUT2D eigenvalue weighted by Gasteiger charge is -2.19. The maximum Gasteiger partial charge on any atom is 0.252 e. The van der Waals surface area contributed by atoms with Gasteiger partial charge in [-0.2, -0.15) is 10.2 Å². The van der Waals surface area contributed by atoms with Crippen molar-refractivity contribution in [3.05, 3.63) is 113 Å². The number of rotatable bonds is 6. The standard InChI is InChI=1S/C27H25FN6O/c1-17-4-5-18(12-25(17)28)26(22-15-31-33(2)16-22)32-27(35)19-6-7-20-14-29-23(11-21(20)10-19)13-24-8-9-30-34(24)3/h4-12,14-16,26H,13H2,1-3H3,(H,32,35)/t26-/m0/s1. The number of pyridine rings is 1. The zero-order chi connectivity index (χ0) is 24.5. The van der Waals surface area contributed by atoms with E-state index < -0.39 is 6.04 Å². The van der Waals surface area contributed by atoms with Crippen LogP contribution in [0, 0.1) is 12.7 Å². The van der Waals surface area contributed by atoms with Gasteiger partial charge in [0, 0.05) is 67.0 Å². The molecule has 0 spiro atoms. The fourth-order valence-corrected chi connectivity index (χ4v) is 4.14. The number of fused-ring (bicyclic) bond motifs is 1. The summed E-state index contributed by atoms with van der Waals surface area (Å²) >= 11 is 0. The fraction of sp³-hybridized carbons (Fsp3) is 0.185. The fourth-order valence-electron chi connectivity index (χ4n) is 4.14. The van der Waals surface area contributed by atoms with Crippen LogP contribution in [0.2, 0.25) is 0 Å². The molecular weight excluding hydrogens is 443 g/mol. The Balaban J connectivity index is 1.45. The molecule has 35 heavy (non-hydrogen) atoms. The molecule has 1 N–H and O–H groups in total. The molecule has 0 bridgehead atoms. The minimum atomic E-state index is -0.542. The highest BCUT2D eigenvalue weighted by Gasteiger charge is 2.20. The Kier molecular flexibility index (Phi) is 5.86. The maximum absolute atomic E-state index is 14.3. The van der Waals surface area contributed by atoms with Crippen molar-refractivity contribution in [2.24, 2.45) is 14.1 Å². The average molecular weight is 469 g/mol. The number of aryl methyl sites for hydroxylation is 3. The van der Waals surface area contributed by atoms with E-state index in [9.17, 15) is 9.18 Å². The number of carbonyl (C=O) groups is 1. The maximum atomic E-state index is 14.3. The predicted molar refractivity (Wildman–Crippen MR) is 131 cm³/mol. The first-order valence-electron chi connectivity index (χ1n) is 11.3. The van der Waals surface area contributed by atoms with Crippen LogP contribution in [-0.2, 0) is 20.5 Å². The summed E-state index contributed by atoms with van der Waals surface area (Å²) in [6.45, 7) is 1.71. The second kappa shape index (κ2) is 9.13. The van der Waals surface area contributed by atoms with E-state index in [0.29, 0.717) is 23.1 Å². The van der Waals surface area contributed by atoms with Crippen LogP contribution in [0.3, 0.4) is 0 Å². The minimum absolute atomic E-state index is 0.258. The third-order valence-corrected chi connectivity index (χ3v) is 6.19. The van der Waals surface area contributed by atoms with Gasteiger partial charge in [-0.05, 0) is 53.8 Å². The number of halogens is 1. The molecule has 5 aromatic rings. The van der Waals surface area contributed by atoms with Crippen molar-refractivity contribution in [1.82, 2.24) is 29.9 Å². The highest BCUT2D eigenvalue weighted by Crippen LogP contribution is 2.25. The number of hydrogen-bond acceptors (Lipinski definition) is 4. The Labute approximate surface area is 202 Å². The van der Waals surface area contributed by atoms with Gasteiger partial charge in [0.25, 0.3) is 5.91 Å². The molecule has 176 valence electrons. The van der Waals surface area contributed by atoms with E-state index in [4.69, 9.17) is 0 Å². The van der Waals surface area contributed by atoms with E-state index in [2.05, 4.69) is 20.5 Å². The van der Waals surface area contributed by atoms with Gasteiger partial charge in [0.15, 0.2) is 0 Å². The van der Waals surface area contributed by atoms with Gasteiger partial charge in [0.05, 0.1) is 12.2 Å². The SMILES string of the molecule is Cc1ccc([C@H](NC(=O)c2ccc3cnc(Cc4ccnn4C)cc3c2)c2cnn(C)c2)cc1F. The summed E-state index contributed by atoms with van der Waals surface area (Å²) in [6, 6.07) is 13.9. The van der Waals surface area contributed by atoms with Gasteiger partial charge in [-0.1, -0.05) is 18.2 Å². The van der Waals surface area contributed by atoms with Crippen LogP contribution in [0.4, 0.5) is 4.39 Å². The smallest absolute Gasteiger partial charge is 0.252 e. The molecule has 3 heterocycles.